The number of hydrogen-bond donors (Lipinski definition) is 1. The van der Waals surface area contributed by atoms with Crippen LogP contribution in [0.15, 0.2) is 28.7 Å². The maximum atomic E-state index is 12.3. The Kier molecular flexibility index (Phi) is 7.32. The Bertz CT molecular complexity index is 636. The second kappa shape index (κ2) is 8.55. The number of piperazine rings is 1. The number of anilines is 1. The molecule has 1 fully saturated rings. The van der Waals surface area contributed by atoms with Gasteiger partial charge in [0.05, 0.1) is 5.92 Å². The highest BCUT2D eigenvalue weighted by Gasteiger charge is 2.28. The number of benzene rings is 1. The monoisotopic (exact) mass is 374 g/mol. The molecule has 2 heterocycles. The third-order valence-electron chi connectivity index (χ3n) is 4.32. The van der Waals surface area contributed by atoms with Crippen LogP contribution in [0.4, 0.5) is 6.01 Å². The van der Waals surface area contributed by atoms with Gasteiger partial charge >= 0.3 is 0 Å². The molecular formula is C16H24Cl2N4O2. The number of oxazole rings is 1. The van der Waals surface area contributed by atoms with Gasteiger partial charge in [-0.15, -0.1) is 24.8 Å². The molecule has 0 saturated carbocycles. The fraction of sp³-hybridized carbons (Fsp3) is 0.500. The predicted octanol–water partition coefficient (Wildman–Crippen LogP) is 2.30. The van der Waals surface area contributed by atoms with Crippen LogP contribution in [0, 0.1) is 5.92 Å². The lowest BCUT2D eigenvalue weighted by atomic mass is 10.0. The van der Waals surface area contributed by atoms with Gasteiger partial charge in [0, 0.05) is 32.2 Å². The molecule has 134 valence electrons. The first kappa shape index (κ1) is 20.5. The van der Waals surface area contributed by atoms with Gasteiger partial charge in [-0.1, -0.05) is 19.1 Å². The van der Waals surface area contributed by atoms with Gasteiger partial charge in [0.25, 0.3) is 6.01 Å². The van der Waals surface area contributed by atoms with E-state index in [4.69, 9.17) is 10.2 Å². The molecule has 2 aromatic rings. The molecule has 6 nitrogen and oxygen atoms in total. The van der Waals surface area contributed by atoms with Crippen molar-refractivity contribution in [3.05, 3.63) is 24.3 Å². The topological polar surface area (TPSA) is 75.6 Å². The first-order chi connectivity index (χ1) is 10.6. The van der Waals surface area contributed by atoms with Crippen LogP contribution >= 0.6 is 24.8 Å². The van der Waals surface area contributed by atoms with E-state index in [-0.39, 0.29) is 42.7 Å². The second-order valence-corrected chi connectivity index (χ2v) is 5.92. The summed E-state index contributed by atoms with van der Waals surface area (Å²) in [7, 11) is 0. The molecule has 0 bridgehead atoms. The molecule has 0 radical (unpaired) electrons. The van der Waals surface area contributed by atoms with Crippen molar-refractivity contribution in [2.24, 2.45) is 11.7 Å². The van der Waals surface area contributed by atoms with Crippen molar-refractivity contribution >= 4 is 47.8 Å². The normalized spacial score (nSPS) is 17.0. The first-order valence-corrected chi connectivity index (χ1v) is 7.71. The van der Waals surface area contributed by atoms with Crippen LogP contribution in [0.3, 0.4) is 0 Å². The van der Waals surface area contributed by atoms with Crippen LogP contribution in [-0.2, 0) is 4.79 Å². The Morgan fingerprint density at radius 1 is 1.17 bits per heavy atom. The van der Waals surface area contributed by atoms with Crippen molar-refractivity contribution in [2.45, 2.75) is 19.9 Å². The minimum atomic E-state index is -0.143. The quantitative estimate of drug-likeness (QED) is 0.891. The van der Waals surface area contributed by atoms with E-state index in [1.165, 1.54) is 0 Å². The Morgan fingerprint density at radius 2 is 1.79 bits per heavy atom. The maximum Gasteiger partial charge on any atom is 0.298 e. The summed E-state index contributed by atoms with van der Waals surface area (Å²) in [5.41, 5.74) is 7.48. The molecule has 24 heavy (non-hydrogen) atoms. The van der Waals surface area contributed by atoms with Gasteiger partial charge in [-0.3, -0.25) is 4.79 Å². The van der Waals surface area contributed by atoms with E-state index in [0.717, 1.165) is 24.2 Å². The molecule has 3 rings (SSSR count). The van der Waals surface area contributed by atoms with E-state index < -0.39 is 0 Å². The van der Waals surface area contributed by atoms with E-state index in [1.54, 1.807) is 0 Å². The average Bonchev–Trinajstić information content (AvgIpc) is 2.97. The van der Waals surface area contributed by atoms with Crippen LogP contribution in [-0.4, -0.2) is 48.0 Å². The van der Waals surface area contributed by atoms with Crippen LogP contribution in [0.2, 0.25) is 0 Å². The van der Waals surface area contributed by atoms with Crippen molar-refractivity contribution in [3.63, 3.8) is 0 Å². The summed E-state index contributed by atoms with van der Waals surface area (Å²) in [5.74, 6) is -0.0110. The van der Waals surface area contributed by atoms with Crippen LogP contribution in [0.1, 0.15) is 13.8 Å². The van der Waals surface area contributed by atoms with Crippen LogP contribution in [0.5, 0.6) is 0 Å². The molecule has 1 aromatic heterocycles. The van der Waals surface area contributed by atoms with Crippen molar-refractivity contribution in [2.75, 3.05) is 31.1 Å². The van der Waals surface area contributed by atoms with Gasteiger partial charge in [0.15, 0.2) is 5.58 Å². The van der Waals surface area contributed by atoms with E-state index in [1.807, 2.05) is 43.0 Å². The maximum absolute atomic E-state index is 12.3. The summed E-state index contributed by atoms with van der Waals surface area (Å²) in [5, 5.41) is 0. The summed E-state index contributed by atoms with van der Waals surface area (Å²) in [6, 6.07) is 8.24. The fourth-order valence-corrected chi connectivity index (χ4v) is 2.63. The fourth-order valence-electron chi connectivity index (χ4n) is 2.63. The number of carbonyl (C=O) groups is 1. The zero-order chi connectivity index (χ0) is 15.7. The van der Waals surface area contributed by atoms with Crippen molar-refractivity contribution in [1.29, 1.82) is 0 Å². The zero-order valence-corrected chi connectivity index (χ0v) is 15.5. The summed E-state index contributed by atoms with van der Waals surface area (Å²) in [4.78, 5) is 20.8. The number of nitrogens with zero attached hydrogens (tertiary/aromatic N) is 3. The van der Waals surface area contributed by atoms with Gasteiger partial charge in [-0.05, 0) is 19.1 Å². The number of amides is 1. The summed E-state index contributed by atoms with van der Waals surface area (Å²) in [6.45, 7) is 6.56. The Labute approximate surface area is 154 Å². The number of aromatic nitrogens is 1. The standard InChI is InChI=1S/C16H22N4O2.2ClH/c1-11(12(2)17)15(21)19-7-9-20(10-8-19)16-18-13-5-3-4-6-14(13)22-16;;/h3-6,11-12H,7-10,17H2,1-2H3;2*1H. The van der Waals surface area contributed by atoms with E-state index in [2.05, 4.69) is 9.88 Å². The molecule has 2 N–H and O–H groups in total. The van der Waals surface area contributed by atoms with Crippen LogP contribution in [0.25, 0.3) is 11.1 Å². The molecule has 1 saturated heterocycles. The lowest BCUT2D eigenvalue weighted by Crippen LogP contribution is -2.52. The summed E-state index contributed by atoms with van der Waals surface area (Å²) >= 11 is 0. The highest BCUT2D eigenvalue weighted by atomic mass is 35.5. The van der Waals surface area contributed by atoms with Gasteiger partial charge in [0.1, 0.15) is 5.52 Å². The number of halogens is 2. The number of nitrogens with two attached hydrogens (primary N) is 1. The molecule has 1 aliphatic heterocycles. The largest absolute Gasteiger partial charge is 0.423 e. The Morgan fingerprint density at radius 3 is 2.38 bits per heavy atom. The lowest BCUT2D eigenvalue weighted by molar-refractivity contribution is -0.135. The number of carbonyl (C=O) groups excluding carboxylic acids is 1. The molecule has 1 aliphatic rings. The van der Waals surface area contributed by atoms with Crippen molar-refractivity contribution in [3.8, 4) is 0 Å². The highest BCUT2D eigenvalue weighted by molar-refractivity contribution is 5.85. The highest BCUT2D eigenvalue weighted by Crippen LogP contribution is 2.22. The predicted molar refractivity (Wildman–Crippen MR) is 100 cm³/mol. The molecule has 1 aromatic carbocycles. The third kappa shape index (κ3) is 4.12. The number of rotatable bonds is 3. The van der Waals surface area contributed by atoms with Gasteiger partial charge in [0.2, 0.25) is 5.91 Å². The van der Waals surface area contributed by atoms with Crippen molar-refractivity contribution < 1.29 is 9.21 Å². The second-order valence-electron chi connectivity index (χ2n) is 5.92. The molecule has 8 heteroatoms. The molecular weight excluding hydrogens is 351 g/mol. The number of para-hydroxylation sites is 2. The number of hydrogen-bond acceptors (Lipinski definition) is 5. The minimum Gasteiger partial charge on any atom is -0.423 e. The SMILES string of the molecule is CC(N)C(C)C(=O)N1CCN(c2nc3ccccc3o2)CC1.Cl.Cl. The Hall–Kier alpha value is -1.50. The van der Waals surface area contributed by atoms with Crippen molar-refractivity contribution in [1.82, 2.24) is 9.88 Å². The number of fused-ring (bicyclic) bond motifs is 1. The molecule has 2 unspecified atom stereocenters. The lowest BCUT2D eigenvalue weighted by Gasteiger charge is -2.35. The summed E-state index contributed by atoms with van der Waals surface area (Å²) in [6.07, 6.45) is 0. The smallest absolute Gasteiger partial charge is 0.298 e. The van der Waals surface area contributed by atoms with E-state index in [0.29, 0.717) is 19.1 Å². The summed E-state index contributed by atoms with van der Waals surface area (Å²) < 4.78 is 5.78. The molecule has 0 aliphatic carbocycles. The first-order valence-electron chi connectivity index (χ1n) is 7.71. The Balaban J connectivity index is 0.00000144. The minimum absolute atomic E-state index is 0. The average molecular weight is 375 g/mol. The van der Waals surface area contributed by atoms with Gasteiger partial charge in [-0.2, -0.15) is 4.98 Å². The third-order valence-corrected chi connectivity index (χ3v) is 4.32. The van der Waals surface area contributed by atoms with E-state index >= 15 is 0 Å². The molecule has 2 atom stereocenters. The van der Waals surface area contributed by atoms with Crippen LogP contribution < -0.4 is 10.6 Å². The van der Waals surface area contributed by atoms with Gasteiger partial charge in [-0.25, -0.2) is 0 Å². The zero-order valence-electron chi connectivity index (χ0n) is 13.8. The van der Waals surface area contributed by atoms with E-state index in [9.17, 15) is 4.79 Å². The molecule has 1 amide bonds. The van der Waals surface area contributed by atoms with Gasteiger partial charge < -0.3 is 20.0 Å². The molecule has 0 spiro atoms.